The molecule has 1 aromatic heterocycles. The molecule has 2 rings (SSSR count). The first-order valence-corrected chi connectivity index (χ1v) is 5.98. The monoisotopic (exact) mass is 232 g/mol. The molecule has 0 spiro atoms. The summed E-state index contributed by atoms with van der Waals surface area (Å²) in [7, 11) is 0. The Morgan fingerprint density at radius 3 is 2.71 bits per heavy atom. The second-order valence-corrected chi connectivity index (χ2v) is 5.32. The van der Waals surface area contributed by atoms with Gasteiger partial charge in [0.2, 0.25) is 0 Å². The van der Waals surface area contributed by atoms with Crippen LogP contribution in [0.2, 0.25) is 0 Å². The lowest BCUT2D eigenvalue weighted by Crippen LogP contribution is -2.32. The molecule has 3 heteroatoms. The Bertz CT molecular complexity index is 496. The average Bonchev–Trinajstić information content (AvgIpc) is 2.68. The van der Waals surface area contributed by atoms with Crippen molar-refractivity contribution >= 4 is 11.0 Å². The second kappa shape index (κ2) is 4.51. The number of benzene rings is 1. The molecule has 0 fully saturated rings. The van der Waals surface area contributed by atoms with E-state index < -0.39 is 0 Å². The number of furan rings is 1. The minimum Gasteiger partial charge on any atom is -0.464 e. The van der Waals surface area contributed by atoms with E-state index in [4.69, 9.17) is 15.9 Å². The molecule has 1 atom stereocenters. The van der Waals surface area contributed by atoms with Gasteiger partial charge in [-0.25, -0.2) is 0 Å². The lowest BCUT2D eigenvalue weighted by Gasteiger charge is -2.20. The highest BCUT2D eigenvalue weighted by Gasteiger charge is 2.17. The van der Waals surface area contributed by atoms with Crippen LogP contribution in [0.25, 0.3) is 11.0 Å². The molecule has 0 saturated carbocycles. The largest absolute Gasteiger partial charge is 0.464 e. The third-order valence-electron chi connectivity index (χ3n) is 3.01. The molecule has 0 aliphatic rings. The van der Waals surface area contributed by atoms with Crippen LogP contribution in [-0.4, -0.2) is 5.54 Å². The number of hydrogen-bond acceptors (Lipinski definition) is 3. The summed E-state index contributed by atoms with van der Waals surface area (Å²) >= 11 is 0. The Hall–Kier alpha value is -1.32. The lowest BCUT2D eigenvalue weighted by molar-refractivity contribution is 0.432. The molecule has 3 nitrogen and oxygen atoms in total. The van der Waals surface area contributed by atoms with Crippen LogP contribution in [0.4, 0.5) is 0 Å². The van der Waals surface area contributed by atoms with E-state index in [1.807, 2.05) is 38.1 Å². The van der Waals surface area contributed by atoms with Gasteiger partial charge in [-0.15, -0.1) is 0 Å². The zero-order valence-corrected chi connectivity index (χ0v) is 10.4. The van der Waals surface area contributed by atoms with Gasteiger partial charge in [0.15, 0.2) is 0 Å². The highest BCUT2D eigenvalue weighted by molar-refractivity contribution is 5.81. The molecule has 1 aromatic carbocycles. The van der Waals surface area contributed by atoms with Gasteiger partial charge in [0.05, 0.1) is 6.26 Å². The molecule has 92 valence electrons. The molecule has 0 bridgehead atoms. The summed E-state index contributed by atoms with van der Waals surface area (Å²) < 4.78 is 5.49. The Morgan fingerprint density at radius 2 is 2.00 bits per heavy atom. The Labute approximate surface area is 102 Å². The number of nitrogens with two attached hydrogens (primary N) is 2. The van der Waals surface area contributed by atoms with Crippen LogP contribution in [0.1, 0.15) is 38.3 Å². The molecule has 0 saturated heterocycles. The van der Waals surface area contributed by atoms with Gasteiger partial charge < -0.3 is 15.9 Å². The van der Waals surface area contributed by atoms with Gasteiger partial charge in [-0.05, 0) is 32.8 Å². The fourth-order valence-electron chi connectivity index (χ4n) is 1.97. The summed E-state index contributed by atoms with van der Waals surface area (Å²) in [4.78, 5) is 0. The van der Waals surface area contributed by atoms with Crippen molar-refractivity contribution in [1.29, 1.82) is 0 Å². The van der Waals surface area contributed by atoms with E-state index in [1.165, 1.54) is 0 Å². The minimum atomic E-state index is -0.169. The summed E-state index contributed by atoms with van der Waals surface area (Å²) in [5.41, 5.74) is 14.0. The molecule has 2 aromatic rings. The Kier molecular flexibility index (Phi) is 3.22. The Balaban J connectivity index is 2.16. The van der Waals surface area contributed by atoms with Crippen molar-refractivity contribution in [2.24, 2.45) is 11.5 Å². The van der Waals surface area contributed by atoms with Crippen LogP contribution >= 0.6 is 0 Å². The molecular formula is C14H20N2O. The summed E-state index contributed by atoms with van der Waals surface area (Å²) in [6.45, 7) is 4.04. The molecule has 4 N–H and O–H groups in total. The predicted molar refractivity (Wildman–Crippen MR) is 70.6 cm³/mol. The second-order valence-electron chi connectivity index (χ2n) is 5.32. The van der Waals surface area contributed by atoms with Crippen molar-refractivity contribution < 1.29 is 4.42 Å². The normalized spacial score (nSPS) is 14.1. The van der Waals surface area contributed by atoms with E-state index in [2.05, 4.69) is 0 Å². The highest BCUT2D eigenvalue weighted by Crippen LogP contribution is 2.28. The first kappa shape index (κ1) is 12.1. The van der Waals surface area contributed by atoms with Crippen LogP contribution in [0, 0.1) is 0 Å². The standard InChI is InChI=1S/C14H20N2O/c1-14(2,16)8-7-12(15)11-9-17-13-6-4-3-5-10(11)13/h3-6,9,12H,7-8,15-16H2,1-2H3. The molecule has 0 aliphatic carbocycles. The van der Waals surface area contributed by atoms with Crippen LogP contribution in [0.15, 0.2) is 34.9 Å². The van der Waals surface area contributed by atoms with E-state index in [9.17, 15) is 0 Å². The van der Waals surface area contributed by atoms with Gasteiger partial charge in [-0.1, -0.05) is 18.2 Å². The summed E-state index contributed by atoms with van der Waals surface area (Å²) in [6.07, 6.45) is 3.53. The van der Waals surface area contributed by atoms with E-state index in [0.29, 0.717) is 0 Å². The summed E-state index contributed by atoms with van der Waals surface area (Å²) in [5, 5.41) is 1.11. The Morgan fingerprint density at radius 1 is 1.29 bits per heavy atom. The molecule has 1 unspecified atom stereocenters. The summed E-state index contributed by atoms with van der Waals surface area (Å²) in [6, 6.07) is 7.95. The maximum Gasteiger partial charge on any atom is 0.134 e. The maximum atomic E-state index is 6.20. The van der Waals surface area contributed by atoms with E-state index in [-0.39, 0.29) is 11.6 Å². The zero-order chi connectivity index (χ0) is 12.5. The highest BCUT2D eigenvalue weighted by atomic mass is 16.3. The third kappa shape index (κ3) is 2.87. The van der Waals surface area contributed by atoms with Crippen LogP contribution in [0.3, 0.4) is 0 Å². The number of rotatable bonds is 4. The molecule has 17 heavy (non-hydrogen) atoms. The number of hydrogen-bond donors (Lipinski definition) is 2. The van der Waals surface area contributed by atoms with Gasteiger partial charge in [-0.2, -0.15) is 0 Å². The number of para-hydroxylation sites is 1. The molecule has 0 amide bonds. The van der Waals surface area contributed by atoms with Crippen molar-refractivity contribution in [3.8, 4) is 0 Å². The topological polar surface area (TPSA) is 65.2 Å². The van der Waals surface area contributed by atoms with Crippen LogP contribution in [0.5, 0.6) is 0 Å². The van der Waals surface area contributed by atoms with Gasteiger partial charge >= 0.3 is 0 Å². The van der Waals surface area contributed by atoms with Gasteiger partial charge in [-0.3, -0.25) is 0 Å². The SMILES string of the molecule is CC(C)(N)CCC(N)c1coc2ccccc12. The average molecular weight is 232 g/mol. The van der Waals surface area contributed by atoms with Crippen molar-refractivity contribution in [1.82, 2.24) is 0 Å². The van der Waals surface area contributed by atoms with Gasteiger partial charge in [0, 0.05) is 22.5 Å². The number of fused-ring (bicyclic) bond motifs is 1. The lowest BCUT2D eigenvalue weighted by atomic mass is 9.94. The minimum absolute atomic E-state index is 0.0125. The first-order chi connectivity index (χ1) is 7.97. The van der Waals surface area contributed by atoms with Crippen LogP contribution in [-0.2, 0) is 0 Å². The third-order valence-corrected chi connectivity index (χ3v) is 3.01. The fourth-order valence-corrected chi connectivity index (χ4v) is 1.97. The fraction of sp³-hybridized carbons (Fsp3) is 0.429. The molecular weight excluding hydrogens is 212 g/mol. The molecule has 0 radical (unpaired) electrons. The van der Waals surface area contributed by atoms with Crippen molar-refractivity contribution in [2.45, 2.75) is 38.3 Å². The van der Waals surface area contributed by atoms with E-state index in [0.717, 1.165) is 29.4 Å². The smallest absolute Gasteiger partial charge is 0.134 e. The maximum absolute atomic E-state index is 6.20. The quantitative estimate of drug-likeness (QED) is 0.851. The van der Waals surface area contributed by atoms with Crippen LogP contribution < -0.4 is 11.5 Å². The van der Waals surface area contributed by atoms with Crippen molar-refractivity contribution in [3.05, 3.63) is 36.1 Å². The zero-order valence-electron chi connectivity index (χ0n) is 10.4. The summed E-state index contributed by atoms with van der Waals surface area (Å²) in [5.74, 6) is 0. The first-order valence-electron chi connectivity index (χ1n) is 5.98. The molecule has 0 aliphatic heterocycles. The molecule has 1 heterocycles. The van der Waals surface area contributed by atoms with Gasteiger partial charge in [0.1, 0.15) is 5.58 Å². The van der Waals surface area contributed by atoms with Gasteiger partial charge in [0.25, 0.3) is 0 Å². The predicted octanol–water partition coefficient (Wildman–Crippen LogP) is 2.95. The van der Waals surface area contributed by atoms with Crippen molar-refractivity contribution in [3.63, 3.8) is 0 Å². The van der Waals surface area contributed by atoms with Crippen molar-refractivity contribution in [2.75, 3.05) is 0 Å². The van der Waals surface area contributed by atoms with E-state index in [1.54, 1.807) is 6.26 Å². The van der Waals surface area contributed by atoms with E-state index >= 15 is 0 Å².